The molecule has 2 nitrogen and oxygen atoms in total. The van der Waals surface area contributed by atoms with Crippen LogP contribution in [0.5, 0.6) is 0 Å². The normalized spacial score (nSPS) is 30.6. The van der Waals surface area contributed by atoms with Crippen LogP contribution in [0.4, 0.5) is 0 Å². The molecule has 0 spiro atoms. The maximum absolute atomic E-state index is 6.11. The van der Waals surface area contributed by atoms with Gasteiger partial charge in [-0.1, -0.05) is 28.8 Å². The summed E-state index contributed by atoms with van der Waals surface area (Å²) in [5.41, 5.74) is 0.126. The van der Waals surface area contributed by atoms with Gasteiger partial charge in [-0.25, -0.2) is 0 Å². The van der Waals surface area contributed by atoms with Crippen LogP contribution in [0, 0.1) is 0 Å². The number of halogens is 1. The van der Waals surface area contributed by atoms with Crippen molar-refractivity contribution in [3.8, 4) is 0 Å². The topological polar surface area (TPSA) is 18.5 Å². The predicted octanol–water partition coefficient (Wildman–Crippen LogP) is 3.28. The molecule has 3 heteroatoms. The molecular weight excluding hydrogens is 256 g/mol. The molecule has 2 fully saturated rings. The average Bonchev–Trinajstić information content (AvgIpc) is 2.77. The van der Waals surface area contributed by atoms with E-state index in [1.54, 1.807) is 0 Å². The van der Waals surface area contributed by atoms with Gasteiger partial charge in [0.15, 0.2) is 0 Å². The fraction of sp³-hybridized carbons (Fsp3) is 1.00. The minimum Gasteiger partial charge on any atom is -0.376 e. The largest absolute Gasteiger partial charge is 0.376 e. The van der Waals surface area contributed by atoms with E-state index >= 15 is 0 Å². The van der Waals surface area contributed by atoms with Crippen molar-refractivity contribution in [3.05, 3.63) is 0 Å². The van der Waals surface area contributed by atoms with Gasteiger partial charge in [0, 0.05) is 11.9 Å². The van der Waals surface area contributed by atoms with Crippen molar-refractivity contribution in [1.29, 1.82) is 0 Å². The summed E-state index contributed by atoms with van der Waals surface area (Å²) in [6.07, 6.45) is 9.12. The van der Waals surface area contributed by atoms with Crippen molar-refractivity contribution < 1.29 is 9.47 Å². The Morgan fingerprint density at radius 3 is 2.60 bits per heavy atom. The van der Waals surface area contributed by atoms with Gasteiger partial charge in [0.1, 0.15) is 0 Å². The molecule has 1 saturated carbocycles. The van der Waals surface area contributed by atoms with Crippen LogP contribution in [0.1, 0.15) is 44.9 Å². The lowest BCUT2D eigenvalue weighted by molar-refractivity contribution is -0.0947. The number of rotatable bonds is 4. The summed E-state index contributed by atoms with van der Waals surface area (Å²) in [7, 11) is 0. The molecule has 0 radical (unpaired) electrons. The van der Waals surface area contributed by atoms with Crippen LogP contribution in [0.2, 0.25) is 0 Å². The van der Waals surface area contributed by atoms with Gasteiger partial charge >= 0.3 is 0 Å². The van der Waals surface area contributed by atoms with E-state index in [9.17, 15) is 0 Å². The smallest absolute Gasteiger partial charge is 0.0808 e. The van der Waals surface area contributed by atoms with Crippen molar-refractivity contribution in [2.75, 3.05) is 18.5 Å². The summed E-state index contributed by atoms with van der Waals surface area (Å²) in [5.74, 6) is 0. The summed E-state index contributed by atoms with van der Waals surface area (Å²) in [4.78, 5) is 0. The first-order valence-corrected chi connectivity index (χ1v) is 7.28. The van der Waals surface area contributed by atoms with Crippen molar-refractivity contribution in [2.24, 2.45) is 0 Å². The molecule has 1 atom stereocenters. The summed E-state index contributed by atoms with van der Waals surface area (Å²) in [5, 5.41) is 0.979. The molecule has 1 saturated heterocycles. The first kappa shape index (κ1) is 11.9. The fourth-order valence-corrected chi connectivity index (χ4v) is 3.27. The molecule has 1 aliphatic heterocycles. The van der Waals surface area contributed by atoms with E-state index < -0.39 is 0 Å². The molecule has 0 aromatic carbocycles. The lowest BCUT2D eigenvalue weighted by Gasteiger charge is -2.31. The highest BCUT2D eigenvalue weighted by molar-refractivity contribution is 9.09. The van der Waals surface area contributed by atoms with E-state index in [0.717, 1.165) is 18.5 Å². The minimum atomic E-state index is 0.126. The van der Waals surface area contributed by atoms with E-state index in [1.807, 2.05) is 0 Å². The molecule has 0 amide bonds. The van der Waals surface area contributed by atoms with E-state index in [-0.39, 0.29) is 5.60 Å². The fourth-order valence-electron chi connectivity index (χ4n) is 2.54. The molecule has 0 bridgehead atoms. The Hall–Kier alpha value is 0.400. The van der Waals surface area contributed by atoms with Crippen molar-refractivity contribution >= 4 is 15.9 Å². The second kappa shape index (κ2) is 5.65. The summed E-state index contributed by atoms with van der Waals surface area (Å²) >= 11 is 3.59. The zero-order chi connectivity index (χ0) is 10.6. The van der Waals surface area contributed by atoms with Gasteiger partial charge in [-0.15, -0.1) is 0 Å². The lowest BCUT2D eigenvalue weighted by Crippen LogP contribution is -2.36. The summed E-state index contributed by atoms with van der Waals surface area (Å²) in [6.45, 7) is 1.72. The van der Waals surface area contributed by atoms with Gasteiger partial charge in [0.25, 0.3) is 0 Å². The number of hydrogen-bond acceptors (Lipinski definition) is 2. The lowest BCUT2D eigenvalue weighted by atomic mass is 10.0. The van der Waals surface area contributed by atoms with Crippen LogP contribution in [-0.4, -0.2) is 30.2 Å². The van der Waals surface area contributed by atoms with Crippen LogP contribution in [0.3, 0.4) is 0 Å². The van der Waals surface area contributed by atoms with Crippen molar-refractivity contribution in [3.63, 3.8) is 0 Å². The molecule has 0 N–H and O–H groups in total. The van der Waals surface area contributed by atoms with E-state index in [2.05, 4.69) is 15.9 Å². The molecule has 1 heterocycles. The van der Waals surface area contributed by atoms with Gasteiger partial charge in [0.2, 0.25) is 0 Å². The predicted molar refractivity (Wildman–Crippen MR) is 64.5 cm³/mol. The highest BCUT2D eigenvalue weighted by atomic mass is 79.9. The quantitative estimate of drug-likeness (QED) is 0.734. The summed E-state index contributed by atoms with van der Waals surface area (Å²) < 4.78 is 11.8. The van der Waals surface area contributed by atoms with Crippen LogP contribution in [-0.2, 0) is 9.47 Å². The molecule has 0 aromatic heterocycles. The van der Waals surface area contributed by atoms with Gasteiger partial charge < -0.3 is 9.47 Å². The first-order chi connectivity index (χ1) is 7.35. The molecule has 2 rings (SSSR count). The van der Waals surface area contributed by atoms with Crippen LogP contribution in [0.15, 0.2) is 0 Å². The highest BCUT2D eigenvalue weighted by Gasteiger charge is 2.34. The molecule has 15 heavy (non-hydrogen) atoms. The maximum Gasteiger partial charge on any atom is 0.0808 e. The second-order valence-corrected chi connectivity index (χ2v) is 5.38. The highest BCUT2D eigenvalue weighted by Crippen LogP contribution is 2.35. The van der Waals surface area contributed by atoms with Crippen molar-refractivity contribution in [1.82, 2.24) is 0 Å². The molecular formula is C12H21BrO2. The molecule has 88 valence electrons. The number of ether oxygens (including phenoxy) is 2. The third-order valence-corrected chi connectivity index (χ3v) is 4.63. The molecule has 1 aliphatic carbocycles. The molecule has 0 aromatic rings. The number of hydrogen-bond donors (Lipinski definition) is 0. The third-order valence-electron chi connectivity index (χ3n) is 3.61. The zero-order valence-corrected chi connectivity index (χ0v) is 10.9. The standard InChI is InChI=1S/C12H21BrO2/c13-10-12(6-2-3-7-12)15-9-11-5-1-4-8-14-11/h11H,1-10H2. The number of alkyl halides is 1. The van der Waals surface area contributed by atoms with Gasteiger partial charge in [-0.3, -0.25) is 0 Å². The van der Waals surface area contributed by atoms with Crippen LogP contribution in [0.25, 0.3) is 0 Å². The molecule has 1 unspecified atom stereocenters. The second-order valence-electron chi connectivity index (χ2n) is 4.82. The Morgan fingerprint density at radius 2 is 2.00 bits per heavy atom. The van der Waals surface area contributed by atoms with Gasteiger partial charge in [0.05, 0.1) is 18.3 Å². The Balaban J connectivity index is 1.75. The van der Waals surface area contributed by atoms with Crippen molar-refractivity contribution in [2.45, 2.75) is 56.7 Å². The zero-order valence-electron chi connectivity index (χ0n) is 9.34. The van der Waals surface area contributed by atoms with Crippen LogP contribution < -0.4 is 0 Å². The Kier molecular flexibility index (Phi) is 4.47. The van der Waals surface area contributed by atoms with E-state index in [4.69, 9.17) is 9.47 Å². The SMILES string of the molecule is BrCC1(OCC2CCCCO2)CCCC1. The maximum atomic E-state index is 6.11. The third kappa shape index (κ3) is 3.18. The molecule has 2 aliphatic rings. The summed E-state index contributed by atoms with van der Waals surface area (Å²) in [6, 6.07) is 0. The Labute approximate surface area is 101 Å². The average molecular weight is 277 g/mol. The van der Waals surface area contributed by atoms with Gasteiger partial charge in [-0.05, 0) is 32.1 Å². The Morgan fingerprint density at radius 1 is 1.20 bits per heavy atom. The Bertz CT molecular complexity index is 184. The van der Waals surface area contributed by atoms with E-state index in [1.165, 1.54) is 44.9 Å². The first-order valence-electron chi connectivity index (χ1n) is 6.16. The van der Waals surface area contributed by atoms with Gasteiger partial charge in [-0.2, -0.15) is 0 Å². The van der Waals surface area contributed by atoms with E-state index in [0.29, 0.717) is 6.10 Å². The minimum absolute atomic E-state index is 0.126. The monoisotopic (exact) mass is 276 g/mol. The van der Waals surface area contributed by atoms with Crippen LogP contribution >= 0.6 is 15.9 Å².